The summed E-state index contributed by atoms with van der Waals surface area (Å²) in [5.74, 6) is 0. The van der Waals surface area contributed by atoms with Crippen LogP contribution in [0.2, 0.25) is 0 Å². The first-order chi connectivity index (χ1) is 5.71. The topological polar surface area (TPSA) is 12.4 Å². The predicted molar refractivity (Wildman–Crippen MR) is 59.0 cm³/mol. The molecular weight excluding hydrogens is 158 g/mol. The van der Waals surface area contributed by atoms with Crippen LogP contribution in [-0.2, 0) is 0 Å². The molecule has 0 fully saturated rings. The third-order valence-electron chi connectivity index (χ3n) is 2.38. The van der Waals surface area contributed by atoms with Crippen molar-refractivity contribution in [1.82, 2.24) is 0 Å². The first kappa shape index (κ1) is 10.5. The molecule has 1 aliphatic heterocycles. The summed E-state index contributed by atoms with van der Waals surface area (Å²) in [5, 5.41) is 0. The van der Waals surface area contributed by atoms with Crippen LogP contribution in [-0.4, -0.2) is 5.71 Å². The Kier molecular flexibility index (Phi) is 2.40. The van der Waals surface area contributed by atoms with Crippen molar-refractivity contribution in [2.75, 3.05) is 0 Å². The Bertz CT molecular complexity index is 256. The summed E-state index contributed by atoms with van der Waals surface area (Å²) in [6.45, 7) is 13.3. The zero-order valence-corrected chi connectivity index (χ0v) is 9.73. The molecule has 0 aromatic rings. The molecule has 1 rings (SSSR count). The summed E-state index contributed by atoms with van der Waals surface area (Å²) in [7, 11) is 0. The first-order valence-corrected chi connectivity index (χ1v) is 5.00. The molecule has 0 saturated heterocycles. The van der Waals surface area contributed by atoms with Gasteiger partial charge in [-0.2, -0.15) is 0 Å². The molecule has 0 bridgehead atoms. The van der Waals surface area contributed by atoms with Crippen LogP contribution in [0.1, 0.15) is 48.0 Å². The smallest absolute Gasteiger partial charge is 0.0420 e. The van der Waals surface area contributed by atoms with E-state index in [2.05, 4.69) is 47.6 Å². The Morgan fingerprint density at radius 2 is 1.54 bits per heavy atom. The zero-order chi connectivity index (χ0) is 10.3. The Labute approximate surface area is 82.0 Å². The Morgan fingerprint density at radius 3 is 1.77 bits per heavy atom. The van der Waals surface area contributed by atoms with E-state index in [1.165, 1.54) is 11.4 Å². The van der Waals surface area contributed by atoms with Crippen molar-refractivity contribution in [3.63, 3.8) is 0 Å². The van der Waals surface area contributed by atoms with Crippen LogP contribution in [0.5, 0.6) is 0 Å². The van der Waals surface area contributed by atoms with Crippen molar-refractivity contribution >= 4 is 5.71 Å². The van der Waals surface area contributed by atoms with E-state index in [0.717, 1.165) is 6.42 Å². The number of aliphatic imine (C=N–C) groups is 1. The van der Waals surface area contributed by atoms with Gasteiger partial charge in [-0.1, -0.05) is 47.6 Å². The van der Waals surface area contributed by atoms with Gasteiger partial charge in [-0.05, 0) is 0 Å². The molecule has 0 atom stereocenters. The van der Waals surface area contributed by atoms with Gasteiger partial charge < -0.3 is 0 Å². The van der Waals surface area contributed by atoms with Crippen molar-refractivity contribution < 1.29 is 0 Å². The van der Waals surface area contributed by atoms with E-state index in [1.54, 1.807) is 0 Å². The summed E-state index contributed by atoms with van der Waals surface area (Å²) in [6.07, 6.45) is 3.30. The number of allylic oxidation sites excluding steroid dienone is 2. The highest BCUT2D eigenvalue weighted by Crippen LogP contribution is 2.33. The van der Waals surface area contributed by atoms with Crippen LogP contribution in [0.25, 0.3) is 0 Å². The fourth-order valence-electron chi connectivity index (χ4n) is 1.38. The minimum absolute atomic E-state index is 0.201. The van der Waals surface area contributed by atoms with E-state index in [1.807, 2.05) is 0 Å². The molecule has 74 valence electrons. The summed E-state index contributed by atoms with van der Waals surface area (Å²) in [4.78, 5) is 4.71. The lowest BCUT2D eigenvalue weighted by atomic mass is 9.89. The molecule has 0 aliphatic carbocycles. The Morgan fingerprint density at radius 1 is 1.00 bits per heavy atom. The number of nitrogens with zero attached hydrogens (tertiary/aromatic N) is 1. The largest absolute Gasteiger partial charge is 0.261 e. The maximum Gasteiger partial charge on any atom is 0.0420 e. The van der Waals surface area contributed by atoms with Crippen LogP contribution in [0.15, 0.2) is 16.8 Å². The second-order valence-electron chi connectivity index (χ2n) is 5.85. The zero-order valence-electron chi connectivity index (χ0n) is 9.73. The van der Waals surface area contributed by atoms with Crippen molar-refractivity contribution in [2.45, 2.75) is 48.0 Å². The molecule has 0 spiro atoms. The SMILES string of the molecule is CC(C)(C)C1=CCC(C(C)(C)C)=N1. The van der Waals surface area contributed by atoms with Crippen LogP contribution < -0.4 is 0 Å². The molecule has 0 N–H and O–H groups in total. The van der Waals surface area contributed by atoms with Gasteiger partial charge in [0.1, 0.15) is 0 Å². The standard InChI is InChI=1S/C12H21N/c1-11(2,3)9-7-8-10(13-9)12(4,5)6/h7H,8H2,1-6H3. The molecule has 1 nitrogen and oxygen atoms in total. The number of hydrogen-bond acceptors (Lipinski definition) is 1. The van der Waals surface area contributed by atoms with E-state index in [4.69, 9.17) is 4.99 Å². The molecule has 1 aliphatic rings. The lowest BCUT2D eigenvalue weighted by Gasteiger charge is -2.20. The third-order valence-corrected chi connectivity index (χ3v) is 2.38. The normalized spacial score (nSPS) is 18.6. The van der Waals surface area contributed by atoms with Crippen LogP contribution >= 0.6 is 0 Å². The van der Waals surface area contributed by atoms with E-state index in [0.29, 0.717) is 0 Å². The fourth-order valence-corrected chi connectivity index (χ4v) is 1.38. The van der Waals surface area contributed by atoms with Gasteiger partial charge in [0.2, 0.25) is 0 Å². The van der Waals surface area contributed by atoms with E-state index >= 15 is 0 Å². The minimum atomic E-state index is 0.201. The van der Waals surface area contributed by atoms with Gasteiger partial charge in [-0.3, -0.25) is 4.99 Å². The van der Waals surface area contributed by atoms with Gasteiger partial charge in [0.15, 0.2) is 0 Å². The van der Waals surface area contributed by atoms with Crippen molar-refractivity contribution in [2.24, 2.45) is 15.8 Å². The number of rotatable bonds is 0. The highest BCUT2D eigenvalue weighted by atomic mass is 14.8. The highest BCUT2D eigenvalue weighted by molar-refractivity contribution is 5.93. The summed E-state index contributed by atoms with van der Waals surface area (Å²) in [6, 6.07) is 0. The van der Waals surface area contributed by atoms with Crippen LogP contribution in [0.4, 0.5) is 0 Å². The third kappa shape index (κ3) is 2.43. The second kappa shape index (κ2) is 2.97. The molecule has 13 heavy (non-hydrogen) atoms. The van der Waals surface area contributed by atoms with Crippen LogP contribution in [0.3, 0.4) is 0 Å². The lowest BCUT2D eigenvalue weighted by Crippen LogP contribution is -2.18. The van der Waals surface area contributed by atoms with Crippen molar-refractivity contribution in [1.29, 1.82) is 0 Å². The molecule has 0 aromatic carbocycles. The van der Waals surface area contributed by atoms with Gasteiger partial charge in [0.25, 0.3) is 0 Å². The Balaban J connectivity index is 2.84. The van der Waals surface area contributed by atoms with Crippen molar-refractivity contribution in [3.05, 3.63) is 11.8 Å². The Hall–Kier alpha value is -0.590. The molecule has 1 heteroatoms. The first-order valence-electron chi connectivity index (χ1n) is 5.00. The average Bonchev–Trinajstić information content (AvgIpc) is 2.28. The highest BCUT2D eigenvalue weighted by Gasteiger charge is 2.26. The molecule has 0 amide bonds. The van der Waals surface area contributed by atoms with Gasteiger partial charge >= 0.3 is 0 Å². The second-order valence-corrected chi connectivity index (χ2v) is 5.85. The molecular formula is C12H21N. The van der Waals surface area contributed by atoms with E-state index in [-0.39, 0.29) is 10.8 Å². The molecule has 0 saturated carbocycles. The number of hydrogen-bond donors (Lipinski definition) is 0. The van der Waals surface area contributed by atoms with E-state index < -0.39 is 0 Å². The molecule has 0 aromatic heterocycles. The maximum absolute atomic E-state index is 4.71. The average molecular weight is 179 g/mol. The predicted octanol–water partition coefficient (Wildman–Crippen LogP) is 3.81. The van der Waals surface area contributed by atoms with Crippen LogP contribution in [0, 0.1) is 10.8 Å². The summed E-state index contributed by atoms with van der Waals surface area (Å²) in [5.41, 5.74) is 2.99. The molecule has 0 unspecified atom stereocenters. The fraction of sp³-hybridized carbons (Fsp3) is 0.750. The van der Waals surface area contributed by atoms with Crippen molar-refractivity contribution in [3.8, 4) is 0 Å². The minimum Gasteiger partial charge on any atom is -0.261 e. The quantitative estimate of drug-likeness (QED) is 0.536. The van der Waals surface area contributed by atoms with Gasteiger partial charge in [-0.25, -0.2) is 0 Å². The molecule has 1 heterocycles. The van der Waals surface area contributed by atoms with Gasteiger partial charge in [0.05, 0.1) is 0 Å². The summed E-state index contributed by atoms with van der Waals surface area (Å²) >= 11 is 0. The maximum atomic E-state index is 4.71. The van der Waals surface area contributed by atoms with Gasteiger partial charge in [0, 0.05) is 28.7 Å². The summed E-state index contributed by atoms with van der Waals surface area (Å²) < 4.78 is 0. The monoisotopic (exact) mass is 179 g/mol. The lowest BCUT2D eigenvalue weighted by molar-refractivity contribution is 0.498. The van der Waals surface area contributed by atoms with Gasteiger partial charge in [-0.15, -0.1) is 0 Å². The molecule has 0 radical (unpaired) electrons. The van der Waals surface area contributed by atoms with E-state index in [9.17, 15) is 0 Å².